The number of aliphatic hydroxyl groups excluding tert-OH is 1. The molecular formula is C16H17F3N2O2. The predicted molar refractivity (Wildman–Crippen MR) is 78.8 cm³/mol. The SMILES string of the molecule is Cn1cccc1[C@@H](O)CCNC(=O)c1cccc(C(F)(F)F)c1. The molecule has 7 heteroatoms. The Kier molecular flexibility index (Phi) is 5.10. The predicted octanol–water partition coefficient (Wildman–Crippen LogP) is 2.90. The zero-order chi connectivity index (χ0) is 17.0. The number of halogens is 3. The van der Waals surface area contributed by atoms with E-state index in [2.05, 4.69) is 5.32 Å². The Labute approximate surface area is 131 Å². The quantitative estimate of drug-likeness (QED) is 0.888. The largest absolute Gasteiger partial charge is 0.416 e. The van der Waals surface area contributed by atoms with Crippen LogP contribution in [0.1, 0.15) is 34.1 Å². The van der Waals surface area contributed by atoms with Gasteiger partial charge in [0.25, 0.3) is 5.91 Å². The normalized spacial score (nSPS) is 12.9. The number of amides is 1. The molecule has 0 spiro atoms. The van der Waals surface area contributed by atoms with Gasteiger partial charge in [0.2, 0.25) is 0 Å². The van der Waals surface area contributed by atoms with E-state index in [1.165, 1.54) is 12.1 Å². The molecule has 0 aliphatic rings. The van der Waals surface area contributed by atoms with E-state index in [0.717, 1.165) is 12.1 Å². The van der Waals surface area contributed by atoms with E-state index in [9.17, 15) is 23.1 Å². The molecule has 0 fully saturated rings. The highest BCUT2D eigenvalue weighted by Crippen LogP contribution is 2.29. The van der Waals surface area contributed by atoms with Gasteiger partial charge in [-0.3, -0.25) is 4.79 Å². The average molecular weight is 326 g/mol. The molecule has 1 aromatic heterocycles. The number of aryl methyl sites for hydroxylation is 1. The lowest BCUT2D eigenvalue weighted by Crippen LogP contribution is -2.26. The topological polar surface area (TPSA) is 54.3 Å². The maximum absolute atomic E-state index is 12.6. The van der Waals surface area contributed by atoms with E-state index < -0.39 is 23.8 Å². The number of hydrogen-bond donors (Lipinski definition) is 2. The van der Waals surface area contributed by atoms with Crippen LogP contribution in [-0.4, -0.2) is 22.1 Å². The first kappa shape index (κ1) is 17.1. The smallest absolute Gasteiger partial charge is 0.387 e. The molecule has 0 aliphatic carbocycles. The minimum Gasteiger partial charge on any atom is -0.387 e. The van der Waals surface area contributed by atoms with Gasteiger partial charge in [-0.05, 0) is 36.8 Å². The van der Waals surface area contributed by atoms with Crippen LogP contribution in [0.25, 0.3) is 0 Å². The van der Waals surface area contributed by atoms with Gasteiger partial charge in [0.1, 0.15) is 0 Å². The number of nitrogens with zero attached hydrogens (tertiary/aromatic N) is 1. The molecule has 0 saturated heterocycles. The molecule has 2 rings (SSSR count). The van der Waals surface area contributed by atoms with E-state index >= 15 is 0 Å². The Bertz CT molecular complexity index is 680. The van der Waals surface area contributed by atoms with Crippen LogP contribution in [0.3, 0.4) is 0 Å². The summed E-state index contributed by atoms with van der Waals surface area (Å²) in [5, 5.41) is 12.5. The first-order valence-electron chi connectivity index (χ1n) is 7.04. The maximum Gasteiger partial charge on any atom is 0.416 e. The number of benzene rings is 1. The highest BCUT2D eigenvalue weighted by molar-refractivity contribution is 5.94. The lowest BCUT2D eigenvalue weighted by molar-refractivity contribution is -0.137. The Morgan fingerprint density at radius 1 is 1.30 bits per heavy atom. The van der Waals surface area contributed by atoms with Crippen LogP contribution in [0.15, 0.2) is 42.6 Å². The molecule has 0 saturated carbocycles. The van der Waals surface area contributed by atoms with E-state index in [-0.39, 0.29) is 18.5 Å². The van der Waals surface area contributed by atoms with Crippen LogP contribution in [0, 0.1) is 0 Å². The molecular weight excluding hydrogens is 309 g/mol. The van der Waals surface area contributed by atoms with Crippen LogP contribution in [0.4, 0.5) is 13.2 Å². The highest BCUT2D eigenvalue weighted by atomic mass is 19.4. The van der Waals surface area contributed by atoms with Crippen molar-refractivity contribution in [2.45, 2.75) is 18.7 Å². The summed E-state index contributed by atoms with van der Waals surface area (Å²) in [6.45, 7) is 0.154. The molecule has 23 heavy (non-hydrogen) atoms. The second-order valence-corrected chi connectivity index (χ2v) is 5.18. The summed E-state index contributed by atoms with van der Waals surface area (Å²) < 4.78 is 39.6. The van der Waals surface area contributed by atoms with Gasteiger partial charge in [-0.1, -0.05) is 6.07 Å². The molecule has 2 aromatic rings. The van der Waals surface area contributed by atoms with E-state index in [4.69, 9.17) is 0 Å². The third kappa shape index (κ3) is 4.35. The van der Waals surface area contributed by atoms with Crippen molar-refractivity contribution in [1.29, 1.82) is 0 Å². The Morgan fingerprint density at radius 2 is 2.04 bits per heavy atom. The molecule has 4 nitrogen and oxygen atoms in total. The summed E-state index contributed by atoms with van der Waals surface area (Å²) in [4.78, 5) is 11.9. The van der Waals surface area contributed by atoms with E-state index in [1.807, 2.05) is 0 Å². The monoisotopic (exact) mass is 326 g/mol. The number of nitrogens with one attached hydrogen (secondary N) is 1. The van der Waals surface area contributed by atoms with Crippen LogP contribution >= 0.6 is 0 Å². The lowest BCUT2D eigenvalue weighted by atomic mass is 10.1. The second kappa shape index (κ2) is 6.87. The molecule has 1 amide bonds. The molecule has 0 aliphatic heterocycles. The van der Waals surface area contributed by atoms with Crippen molar-refractivity contribution >= 4 is 5.91 Å². The number of alkyl halides is 3. The zero-order valence-electron chi connectivity index (χ0n) is 12.5. The van der Waals surface area contributed by atoms with Crippen molar-refractivity contribution in [3.8, 4) is 0 Å². The van der Waals surface area contributed by atoms with Crippen molar-refractivity contribution in [3.05, 3.63) is 59.4 Å². The number of carbonyl (C=O) groups is 1. The fourth-order valence-corrected chi connectivity index (χ4v) is 2.23. The van der Waals surface area contributed by atoms with Crippen LogP contribution in [0.2, 0.25) is 0 Å². The molecule has 1 atom stereocenters. The highest BCUT2D eigenvalue weighted by Gasteiger charge is 2.30. The Hall–Kier alpha value is -2.28. The maximum atomic E-state index is 12.6. The number of rotatable bonds is 5. The summed E-state index contributed by atoms with van der Waals surface area (Å²) in [6, 6.07) is 7.78. The van der Waals surface area contributed by atoms with Crippen LogP contribution in [-0.2, 0) is 13.2 Å². The van der Waals surface area contributed by atoms with Gasteiger partial charge in [0.15, 0.2) is 0 Å². The molecule has 1 heterocycles. The first-order valence-corrected chi connectivity index (χ1v) is 7.04. The van der Waals surface area contributed by atoms with Crippen molar-refractivity contribution in [2.75, 3.05) is 6.54 Å². The van der Waals surface area contributed by atoms with E-state index in [1.54, 1.807) is 29.9 Å². The van der Waals surface area contributed by atoms with E-state index in [0.29, 0.717) is 5.69 Å². The van der Waals surface area contributed by atoms with Gasteiger partial charge in [0.05, 0.1) is 11.7 Å². The summed E-state index contributed by atoms with van der Waals surface area (Å²) in [5.74, 6) is -0.602. The lowest BCUT2D eigenvalue weighted by Gasteiger charge is -2.13. The number of hydrogen-bond acceptors (Lipinski definition) is 2. The van der Waals surface area contributed by atoms with Crippen molar-refractivity contribution in [2.24, 2.45) is 7.05 Å². The molecule has 124 valence electrons. The zero-order valence-corrected chi connectivity index (χ0v) is 12.5. The molecule has 1 aromatic carbocycles. The average Bonchev–Trinajstić information content (AvgIpc) is 2.92. The van der Waals surface area contributed by atoms with Crippen molar-refractivity contribution < 1.29 is 23.1 Å². The van der Waals surface area contributed by atoms with Gasteiger partial charge in [-0.2, -0.15) is 13.2 Å². The Balaban J connectivity index is 1.92. The summed E-state index contributed by atoms with van der Waals surface area (Å²) in [5.41, 5.74) is -0.222. The van der Waals surface area contributed by atoms with Gasteiger partial charge >= 0.3 is 6.18 Å². The fourth-order valence-electron chi connectivity index (χ4n) is 2.23. The Morgan fingerprint density at radius 3 is 2.65 bits per heavy atom. The van der Waals surface area contributed by atoms with Crippen molar-refractivity contribution in [3.63, 3.8) is 0 Å². The first-order chi connectivity index (χ1) is 10.8. The third-order valence-electron chi connectivity index (χ3n) is 3.48. The second-order valence-electron chi connectivity index (χ2n) is 5.18. The van der Waals surface area contributed by atoms with Gasteiger partial charge < -0.3 is 15.0 Å². The number of carbonyl (C=O) groups excluding carboxylic acids is 1. The van der Waals surface area contributed by atoms with Crippen LogP contribution < -0.4 is 5.32 Å². The molecule has 0 unspecified atom stereocenters. The number of aliphatic hydroxyl groups is 1. The summed E-state index contributed by atoms with van der Waals surface area (Å²) in [7, 11) is 1.79. The number of aromatic nitrogens is 1. The van der Waals surface area contributed by atoms with Gasteiger partial charge in [-0.25, -0.2) is 0 Å². The summed E-state index contributed by atoms with van der Waals surface area (Å²) >= 11 is 0. The van der Waals surface area contributed by atoms with Crippen molar-refractivity contribution in [1.82, 2.24) is 9.88 Å². The van der Waals surface area contributed by atoms with Gasteiger partial charge in [0, 0.05) is 31.0 Å². The third-order valence-corrected chi connectivity index (χ3v) is 3.48. The molecule has 0 radical (unpaired) electrons. The molecule has 2 N–H and O–H groups in total. The standard InChI is InChI=1S/C16H17F3N2O2/c1-21-9-3-6-13(21)14(22)7-8-20-15(23)11-4-2-5-12(10-11)16(17,18)19/h2-6,9-10,14,22H,7-8H2,1H3,(H,20,23)/t14-/m0/s1. The van der Waals surface area contributed by atoms with Gasteiger partial charge in [-0.15, -0.1) is 0 Å². The minimum absolute atomic E-state index is 0.0619. The fraction of sp³-hybridized carbons (Fsp3) is 0.312. The molecule has 0 bridgehead atoms. The minimum atomic E-state index is -4.49. The van der Waals surface area contributed by atoms with Crippen LogP contribution in [0.5, 0.6) is 0 Å². The summed E-state index contributed by atoms with van der Waals surface area (Å²) in [6.07, 6.45) is -3.18.